The molecular weight excluding hydrogens is 108 g/mol. The molecule has 2 bridgehead atoms. The van der Waals surface area contributed by atoms with Gasteiger partial charge in [-0.05, 0) is 43.9 Å². The largest absolute Gasteiger partial charge is 0.0851 e. The van der Waals surface area contributed by atoms with E-state index in [9.17, 15) is 0 Å². The van der Waals surface area contributed by atoms with Crippen molar-refractivity contribution in [1.29, 1.82) is 0 Å². The van der Waals surface area contributed by atoms with Crippen molar-refractivity contribution >= 4 is 0 Å². The molecule has 0 aromatic carbocycles. The van der Waals surface area contributed by atoms with Crippen molar-refractivity contribution in [2.75, 3.05) is 0 Å². The third kappa shape index (κ3) is 1.03. The quantitative estimate of drug-likeness (QED) is 0.432. The molecule has 0 aromatic rings. The third-order valence-electron chi connectivity index (χ3n) is 2.50. The van der Waals surface area contributed by atoms with Crippen LogP contribution >= 0.6 is 0 Å². The normalized spacial score (nSPS) is 40.9. The first-order valence-electron chi connectivity index (χ1n) is 3.95. The topological polar surface area (TPSA) is 0 Å². The molecule has 0 saturated heterocycles. The molecule has 1 fully saturated rings. The van der Waals surface area contributed by atoms with E-state index in [1.165, 1.54) is 25.7 Å². The van der Waals surface area contributed by atoms with Crippen molar-refractivity contribution in [2.45, 2.75) is 25.7 Å². The fourth-order valence-corrected chi connectivity index (χ4v) is 1.85. The zero-order chi connectivity index (χ0) is 6.10. The Hall–Kier alpha value is -0.260. The molecule has 2 atom stereocenters. The predicted molar refractivity (Wildman–Crippen MR) is 38.9 cm³/mol. The molecule has 1 radical (unpaired) electrons. The first-order valence-corrected chi connectivity index (χ1v) is 3.95. The molecule has 9 heavy (non-hydrogen) atoms. The van der Waals surface area contributed by atoms with E-state index in [0.29, 0.717) is 0 Å². The molecule has 0 heterocycles. The Bertz CT molecular complexity index is 106. The van der Waals surface area contributed by atoms with Crippen molar-refractivity contribution in [3.63, 3.8) is 0 Å². The maximum atomic E-state index is 2.46. The Balaban J connectivity index is 2.15. The maximum absolute atomic E-state index is 2.46. The van der Waals surface area contributed by atoms with Crippen molar-refractivity contribution < 1.29 is 0 Å². The molecule has 0 aliphatic heterocycles. The summed E-state index contributed by atoms with van der Waals surface area (Å²) in [6.07, 6.45) is 12.9. The second-order valence-electron chi connectivity index (χ2n) is 3.24. The number of fused-ring (bicyclic) bond motifs is 3. The van der Waals surface area contributed by atoms with Gasteiger partial charge in [0.2, 0.25) is 0 Å². The summed E-state index contributed by atoms with van der Waals surface area (Å²) in [5.41, 5.74) is 0. The van der Waals surface area contributed by atoms with Gasteiger partial charge in [-0.3, -0.25) is 0 Å². The highest BCUT2D eigenvalue weighted by atomic mass is 14.2. The Labute approximate surface area is 57.0 Å². The highest BCUT2D eigenvalue weighted by Gasteiger charge is 2.19. The van der Waals surface area contributed by atoms with E-state index >= 15 is 0 Å². The zero-order valence-corrected chi connectivity index (χ0v) is 5.72. The molecule has 2 unspecified atom stereocenters. The maximum Gasteiger partial charge on any atom is -0.0230 e. The van der Waals surface area contributed by atoms with Gasteiger partial charge in [-0.2, -0.15) is 0 Å². The van der Waals surface area contributed by atoms with Crippen LogP contribution in [0.2, 0.25) is 0 Å². The minimum Gasteiger partial charge on any atom is -0.0851 e. The fourth-order valence-electron chi connectivity index (χ4n) is 1.85. The molecule has 0 amide bonds. The summed E-state index contributed by atoms with van der Waals surface area (Å²) >= 11 is 0. The number of hydrogen-bond acceptors (Lipinski definition) is 0. The van der Waals surface area contributed by atoms with Crippen LogP contribution in [0.5, 0.6) is 0 Å². The van der Waals surface area contributed by atoms with E-state index in [1.54, 1.807) is 0 Å². The first kappa shape index (κ1) is 5.52. The monoisotopic (exact) mass is 121 g/mol. The predicted octanol–water partition coefficient (Wildman–Crippen LogP) is 2.57. The van der Waals surface area contributed by atoms with E-state index in [1.807, 2.05) is 0 Å². The average molecular weight is 121 g/mol. The van der Waals surface area contributed by atoms with Gasteiger partial charge in [0.05, 0.1) is 0 Å². The molecule has 0 heteroatoms. The first-order chi connectivity index (χ1) is 4.45. The summed E-state index contributed by atoms with van der Waals surface area (Å²) in [5.74, 6) is 1.81. The van der Waals surface area contributed by atoms with Crippen LogP contribution in [0.15, 0.2) is 12.2 Å². The van der Waals surface area contributed by atoms with Crippen LogP contribution in [0.25, 0.3) is 0 Å². The minimum absolute atomic E-state index is 0.906. The molecule has 0 N–H and O–H groups in total. The number of rotatable bonds is 0. The second kappa shape index (κ2) is 2.17. The minimum atomic E-state index is 0.906. The molecule has 3 rings (SSSR count). The van der Waals surface area contributed by atoms with E-state index < -0.39 is 0 Å². The summed E-state index contributed by atoms with van der Waals surface area (Å²) in [6, 6.07) is 0. The highest BCUT2D eigenvalue weighted by molar-refractivity contribution is 5.04. The lowest BCUT2D eigenvalue weighted by molar-refractivity contribution is 0.502. The Morgan fingerprint density at radius 2 is 1.44 bits per heavy atom. The lowest BCUT2D eigenvalue weighted by atomic mass is 9.91. The number of hydrogen-bond donors (Lipinski definition) is 0. The van der Waals surface area contributed by atoms with Gasteiger partial charge >= 0.3 is 0 Å². The van der Waals surface area contributed by atoms with Crippen LogP contribution in [0.3, 0.4) is 0 Å². The summed E-state index contributed by atoms with van der Waals surface area (Å²) in [4.78, 5) is 0. The standard InChI is InChI=1S/C9H13/c1-2-8-4-6-9(3-1)7-5-8/h1,4,6,8-9H,2-3,5,7H2. The smallest absolute Gasteiger partial charge is 0.0230 e. The third-order valence-corrected chi connectivity index (χ3v) is 2.50. The molecular formula is C9H13. The Morgan fingerprint density at radius 3 is 1.89 bits per heavy atom. The van der Waals surface area contributed by atoms with E-state index in [0.717, 1.165) is 11.8 Å². The second-order valence-corrected chi connectivity index (χ2v) is 3.24. The van der Waals surface area contributed by atoms with Crippen LogP contribution < -0.4 is 0 Å². The summed E-state index contributed by atoms with van der Waals surface area (Å²) < 4.78 is 0. The molecule has 0 aromatic heterocycles. The Kier molecular flexibility index (Phi) is 1.33. The van der Waals surface area contributed by atoms with Gasteiger partial charge in [0, 0.05) is 0 Å². The highest BCUT2D eigenvalue weighted by Crippen LogP contribution is 2.32. The summed E-state index contributed by atoms with van der Waals surface area (Å²) in [5, 5.41) is 0. The SMILES string of the molecule is [CH]1CC2C=CC(C1)CC2. The van der Waals surface area contributed by atoms with Gasteiger partial charge in [-0.25, -0.2) is 0 Å². The summed E-state index contributed by atoms with van der Waals surface area (Å²) in [7, 11) is 0. The van der Waals surface area contributed by atoms with Gasteiger partial charge in [-0.1, -0.05) is 12.2 Å². The van der Waals surface area contributed by atoms with Gasteiger partial charge in [0.1, 0.15) is 0 Å². The van der Waals surface area contributed by atoms with E-state index in [-0.39, 0.29) is 0 Å². The van der Waals surface area contributed by atoms with Crippen molar-refractivity contribution in [3.05, 3.63) is 18.6 Å². The van der Waals surface area contributed by atoms with Crippen molar-refractivity contribution in [2.24, 2.45) is 11.8 Å². The van der Waals surface area contributed by atoms with Crippen molar-refractivity contribution in [3.8, 4) is 0 Å². The van der Waals surface area contributed by atoms with Crippen LogP contribution in [-0.2, 0) is 0 Å². The molecule has 49 valence electrons. The molecule has 1 saturated carbocycles. The van der Waals surface area contributed by atoms with Gasteiger partial charge in [0.25, 0.3) is 0 Å². The van der Waals surface area contributed by atoms with Crippen LogP contribution in [0, 0.1) is 18.3 Å². The zero-order valence-electron chi connectivity index (χ0n) is 5.72. The van der Waals surface area contributed by atoms with Crippen molar-refractivity contribution in [1.82, 2.24) is 0 Å². The van der Waals surface area contributed by atoms with E-state index in [2.05, 4.69) is 18.6 Å². The number of allylic oxidation sites excluding steroid dienone is 2. The van der Waals surface area contributed by atoms with Crippen LogP contribution in [0.4, 0.5) is 0 Å². The molecule has 0 nitrogen and oxygen atoms in total. The van der Waals surface area contributed by atoms with Gasteiger partial charge in [0.15, 0.2) is 0 Å². The van der Waals surface area contributed by atoms with E-state index in [4.69, 9.17) is 0 Å². The molecule has 0 spiro atoms. The van der Waals surface area contributed by atoms with Gasteiger partial charge in [-0.15, -0.1) is 0 Å². The Morgan fingerprint density at radius 1 is 0.889 bits per heavy atom. The lowest BCUT2D eigenvalue weighted by Gasteiger charge is -2.15. The average Bonchev–Trinajstić information content (AvgIpc) is 2.21. The van der Waals surface area contributed by atoms with Crippen LogP contribution in [-0.4, -0.2) is 0 Å². The lowest BCUT2D eigenvalue weighted by Crippen LogP contribution is -2.01. The van der Waals surface area contributed by atoms with Crippen LogP contribution in [0.1, 0.15) is 25.7 Å². The molecule has 3 aliphatic carbocycles. The fraction of sp³-hybridized carbons (Fsp3) is 0.667. The van der Waals surface area contributed by atoms with Gasteiger partial charge < -0.3 is 0 Å². The molecule has 3 aliphatic rings. The summed E-state index contributed by atoms with van der Waals surface area (Å²) in [6.45, 7) is 0.